The summed E-state index contributed by atoms with van der Waals surface area (Å²) in [6.45, 7) is 14.1. The molecule has 0 amide bonds. The highest BCUT2D eigenvalue weighted by molar-refractivity contribution is 6.83. The molecule has 1 unspecified atom stereocenters. The van der Waals surface area contributed by atoms with Crippen LogP contribution < -0.4 is 4.74 Å². The molecule has 0 N–H and O–H groups in total. The molecule has 0 spiro atoms. The van der Waals surface area contributed by atoms with Crippen LogP contribution in [0.15, 0.2) is 72.8 Å². The molecule has 40 heavy (non-hydrogen) atoms. The Kier molecular flexibility index (Phi) is 11.2. The molecule has 3 rings (SSSR count). The van der Waals surface area contributed by atoms with Crippen molar-refractivity contribution in [3.63, 3.8) is 0 Å². The predicted octanol–water partition coefficient (Wildman–Crippen LogP) is 8.23. The molecule has 3 aromatic carbocycles. The Morgan fingerprint density at radius 2 is 1.57 bits per heavy atom. The average Bonchev–Trinajstić information content (AvgIpc) is 2.93. The highest BCUT2D eigenvalue weighted by atomic mass is 28.3. The molecule has 0 aromatic heterocycles. The van der Waals surface area contributed by atoms with Crippen molar-refractivity contribution in [3.05, 3.63) is 101 Å². The standard InChI is InChI=1S/C35H44O4Si/c1-27-16-19-30(23-31(27)26-38-24-29-17-20-32(37-4)21-18-29)33(15-11-12-22-40(5,6)7)35(2,3)34(36)39-25-28-13-9-8-10-14-28/h8-10,13-14,16-21,23,33H,11,15,24-26H2,1-7H3. The number of benzene rings is 3. The van der Waals surface area contributed by atoms with Crippen molar-refractivity contribution in [2.75, 3.05) is 7.11 Å². The van der Waals surface area contributed by atoms with E-state index in [1.807, 2.05) is 68.4 Å². The number of hydrogen-bond acceptors (Lipinski definition) is 4. The molecule has 0 fully saturated rings. The van der Waals surface area contributed by atoms with Gasteiger partial charge in [0.2, 0.25) is 0 Å². The van der Waals surface area contributed by atoms with Gasteiger partial charge in [-0.1, -0.05) is 80.3 Å². The maximum Gasteiger partial charge on any atom is 0.312 e. The van der Waals surface area contributed by atoms with Crippen molar-refractivity contribution in [1.29, 1.82) is 0 Å². The molecular weight excluding hydrogens is 512 g/mol. The third-order valence-corrected chi connectivity index (χ3v) is 8.02. The SMILES string of the molecule is COc1ccc(COCc2cc(C(CCC#C[Si](C)(C)C)C(C)(C)C(=O)OCc3ccccc3)ccc2C)cc1. The summed E-state index contributed by atoms with van der Waals surface area (Å²) in [7, 11) is 0.197. The molecule has 0 aliphatic heterocycles. The largest absolute Gasteiger partial charge is 0.497 e. The van der Waals surface area contributed by atoms with Crippen LogP contribution in [0.25, 0.3) is 0 Å². The Balaban J connectivity index is 1.79. The first-order valence-electron chi connectivity index (χ1n) is 14.0. The van der Waals surface area contributed by atoms with Crippen LogP contribution in [0.3, 0.4) is 0 Å². The second kappa shape index (κ2) is 14.3. The van der Waals surface area contributed by atoms with Crippen molar-refractivity contribution in [1.82, 2.24) is 0 Å². The van der Waals surface area contributed by atoms with Gasteiger partial charge in [0, 0.05) is 12.3 Å². The van der Waals surface area contributed by atoms with E-state index in [9.17, 15) is 4.79 Å². The van der Waals surface area contributed by atoms with Gasteiger partial charge in [-0.3, -0.25) is 4.79 Å². The van der Waals surface area contributed by atoms with Gasteiger partial charge in [0.1, 0.15) is 20.4 Å². The number of methoxy groups -OCH3 is 1. The topological polar surface area (TPSA) is 44.8 Å². The molecule has 0 saturated heterocycles. The fourth-order valence-electron chi connectivity index (χ4n) is 4.60. The lowest BCUT2D eigenvalue weighted by Crippen LogP contribution is -2.33. The van der Waals surface area contributed by atoms with E-state index >= 15 is 0 Å². The first-order chi connectivity index (χ1) is 19.0. The van der Waals surface area contributed by atoms with Gasteiger partial charge in [-0.2, -0.15) is 0 Å². The first-order valence-corrected chi connectivity index (χ1v) is 17.5. The van der Waals surface area contributed by atoms with E-state index < -0.39 is 13.5 Å². The monoisotopic (exact) mass is 556 g/mol. The number of carbonyl (C=O) groups is 1. The number of aryl methyl sites for hydroxylation is 1. The molecular formula is C35H44O4Si. The number of carbonyl (C=O) groups excluding carboxylic acids is 1. The molecule has 212 valence electrons. The lowest BCUT2D eigenvalue weighted by molar-refractivity contribution is -0.156. The zero-order valence-electron chi connectivity index (χ0n) is 25.2. The van der Waals surface area contributed by atoms with E-state index in [0.29, 0.717) is 13.2 Å². The van der Waals surface area contributed by atoms with Crippen LogP contribution in [-0.4, -0.2) is 21.2 Å². The van der Waals surface area contributed by atoms with Gasteiger partial charge in [-0.15, -0.1) is 11.5 Å². The smallest absolute Gasteiger partial charge is 0.312 e. The highest BCUT2D eigenvalue weighted by Crippen LogP contribution is 2.41. The molecule has 0 heterocycles. The zero-order valence-corrected chi connectivity index (χ0v) is 26.2. The van der Waals surface area contributed by atoms with Crippen LogP contribution in [-0.2, 0) is 34.1 Å². The summed E-state index contributed by atoms with van der Waals surface area (Å²) >= 11 is 0. The number of esters is 1. The van der Waals surface area contributed by atoms with Gasteiger partial charge in [-0.05, 0) is 67.1 Å². The Labute approximate surface area is 242 Å². The van der Waals surface area contributed by atoms with E-state index in [2.05, 4.69) is 56.2 Å². The summed E-state index contributed by atoms with van der Waals surface area (Å²) in [6.07, 6.45) is 1.52. The quantitative estimate of drug-likeness (QED) is 0.128. The van der Waals surface area contributed by atoms with Gasteiger partial charge in [0.05, 0.1) is 25.7 Å². The first kappa shape index (κ1) is 31.2. The van der Waals surface area contributed by atoms with Gasteiger partial charge >= 0.3 is 5.97 Å². The summed E-state index contributed by atoms with van der Waals surface area (Å²) in [5, 5.41) is 0. The molecule has 3 aromatic rings. The maximum absolute atomic E-state index is 13.5. The summed E-state index contributed by atoms with van der Waals surface area (Å²) < 4.78 is 17.2. The second-order valence-electron chi connectivity index (χ2n) is 12.0. The third kappa shape index (κ3) is 9.40. The summed E-state index contributed by atoms with van der Waals surface area (Å²) in [5.41, 5.74) is 8.22. The Morgan fingerprint density at radius 1 is 0.900 bits per heavy atom. The minimum atomic E-state index is -1.47. The summed E-state index contributed by atoms with van der Waals surface area (Å²) in [4.78, 5) is 13.5. The van der Waals surface area contributed by atoms with Crippen molar-refractivity contribution < 1.29 is 19.0 Å². The van der Waals surface area contributed by atoms with Gasteiger partial charge in [0.25, 0.3) is 0 Å². The molecule has 0 saturated carbocycles. The van der Waals surface area contributed by atoms with E-state index in [1.165, 1.54) is 5.56 Å². The van der Waals surface area contributed by atoms with Crippen LogP contribution in [0.4, 0.5) is 0 Å². The molecule has 0 bridgehead atoms. The average molecular weight is 557 g/mol. The van der Waals surface area contributed by atoms with Gasteiger partial charge in [0.15, 0.2) is 0 Å². The van der Waals surface area contributed by atoms with Crippen molar-refractivity contribution in [3.8, 4) is 17.2 Å². The molecule has 0 aliphatic carbocycles. The van der Waals surface area contributed by atoms with E-state index in [0.717, 1.165) is 40.8 Å². The number of ether oxygens (including phenoxy) is 3. The summed E-state index contributed by atoms with van der Waals surface area (Å²) in [5.74, 6) is 3.99. The fraction of sp³-hybridized carbons (Fsp3) is 0.400. The van der Waals surface area contributed by atoms with Crippen LogP contribution in [0.1, 0.15) is 60.4 Å². The third-order valence-electron chi connectivity index (χ3n) is 7.09. The fourth-order valence-corrected chi connectivity index (χ4v) is 5.26. The number of hydrogen-bond donors (Lipinski definition) is 0. The van der Waals surface area contributed by atoms with Crippen LogP contribution in [0, 0.1) is 23.8 Å². The van der Waals surface area contributed by atoms with Crippen LogP contribution >= 0.6 is 0 Å². The maximum atomic E-state index is 13.5. The Bertz CT molecular complexity index is 1300. The van der Waals surface area contributed by atoms with Crippen molar-refractivity contribution in [2.45, 2.75) is 79.0 Å². The lowest BCUT2D eigenvalue weighted by atomic mass is 9.72. The van der Waals surface area contributed by atoms with Crippen LogP contribution in [0.5, 0.6) is 5.75 Å². The summed E-state index contributed by atoms with van der Waals surface area (Å²) in [6, 6.07) is 24.2. The Morgan fingerprint density at radius 3 is 2.23 bits per heavy atom. The normalized spacial score (nSPS) is 12.3. The second-order valence-corrected chi connectivity index (χ2v) is 16.7. The molecule has 0 radical (unpaired) electrons. The molecule has 0 aliphatic rings. The molecule has 1 atom stereocenters. The highest BCUT2D eigenvalue weighted by Gasteiger charge is 2.39. The number of rotatable bonds is 12. The van der Waals surface area contributed by atoms with E-state index in [4.69, 9.17) is 14.2 Å². The molecule has 5 heteroatoms. The van der Waals surface area contributed by atoms with Crippen molar-refractivity contribution >= 4 is 14.0 Å². The minimum absolute atomic E-state index is 0.0485. The van der Waals surface area contributed by atoms with Crippen LogP contribution in [0.2, 0.25) is 19.6 Å². The zero-order chi connectivity index (χ0) is 29.2. The molecule has 4 nitrogen and oxygen atoms in total. The van der Waals surface area contributed by atoms with Gasteiger partial charge < -0.3 is 14.2 Å². The minimum Gasteiger partial charge on any atom is -0.497 e. The van der Waals surface area contributed by atoms with Crippen molar-refractivity contribution in [2.24, 2.45) is 5.41 Å². The van der Waals surface area contributed by atoms with E-state index in [-0.39, 0.29) is 18.5 Å². The van der Waals surface area contributed by atoms with E-state index in [1.54, 1.807) is 7.11 Å². The lowest BCUT2D eigenvalue weighted by Gasteiger charge is -2.33. The Hall–Kier alpha value is -3.33. The van der Waals surface area contributed by atoms with Gasteiger partial charge in [-0.25, -0.2) is 0 Å². The predicted molar refractivity (Wildman–Crippen MR) is 166 cm³/mol.